The van der Waals surface area contributed by atoms with E-state index in [2.05, 4.69) is 66.4 Å². The van der Waals surface area contributed by atoms with Gasteiger partial charge in [0.25, 0.3) is 0 Å². The molecular weight excluding hydrogens is 304 g/mol. The highest BCUT2D eigenvalue weighted by Gasteiger charge is 2.26. The fourth-order valence-corrected chi connectivity index (χ4v) is 3.72. The largest absolute Gasteiger partial charge is 0.352 e. The molecule has 2 rings (SSSR count). The van der Waals surface area contributed by atoms with Gasteiger partial charge in [-0.05, 0) is 18.4 Å². The molecule has 0 unspecified atom stereocenters. The lowest BCUT2D eigenvalue weighted by Gasteiger charge is -2.33. The molecule has 0 N–H and O–H groups in total. The second-order valence-electron chi connectivity index (χ2n) is 7.39. The van der Waals surface area contributed by atoms with Crippen molar-refractivity contribution in [2.45, 2.75) is 84.2 Å². The van der Waals surface area contributed by atoms with Gasteiger partial charge in [0.2, 0.25) is 0 Å². The molecule has 0 saturated carbocycles. The van der Waals surface area contributed by atoms with E-state index in [4.69, 9.17) is 0 Å². The zero-order valence-electron chi connectivity index (χ0n) is 16.5. The number of benzene rings is 1. The minimum atomic E-state index is 0.401. The molecule has 0 atom stereocenters. The maximum Gasteiger partial charge on any atom is 0.127 e. The predicted octanol–water partition coefficient (Wildman–Crippen LogP) is 6.71. The number of hydrogen-bond donors (Lipinski definition) is 0. The fraction of sp³-hybridized carbons (Fsp3) is 0.652. The third-order valence-electron chi connectivity index (χ3n) is 5.22. The predicted molar refractivity (Wildman–Crippen MR) is 109 cm³/mol. The molecule has 0 aromatic heterocycles. The normalized spacial score (nSPS) is 14.6. The third-order valence-corrected chi connectivity index (χ3v) is 5.22. The van der Waals surface area contributed by atoms with Crippen molar-refractivity contribution >= 4 is 0 Å². The van der Waals surface area contributed by atoms with Gasteiger partial charge in [-0.2, -0.15) is 0 Å². The zero-order chi connectivity index (χ0) is 17.7. The van der Waals surface area contributed by atoms with Crippen LogP contribution >= 0.6 is 0 Å². The van der Waals surface area contributed by atoms with Crippen LogP contribution in [0.3, 0.4) is 0 Å². The Kier molecular flexibility index (Phi) is 9.54. The van der Waals surface area contributed by atoms with Crippen molar-refractivity contribution in [3.63, 3.8) is 0 Å². The van der Waals surface area contributed by atoms with Gasteiger partial charge in [-0.1, -0.05) is 95.5 Å². The van der Waals surface area contributed by atoms with Crippen molar-refractivity contribution < 1.29 is 0 Å². The summed E-state index contributed by atoms with van der Waals surface area (Å²) in [5.41, 5.74) is 1.43. The molecule has 1 heterocycles. The standard InChI is InChI=1S/C23H38N2/c1-3-5-7-9-14-18-24-20-21-25(19-15-10-8-6-4-2)23(24)22-16-12-11-13-17-22/h11-13,16-17,20-21,23H,3-10,14-15,18-19H2,1-2H3. The van der Waals surface area contributed by atoms with Crippen molar-refractivity contribution in [1.29, 1.82) is 0 Å². The summed E-state index contributed by atoms with van der Waals surface area (Å²) in [7, 11) is 0. The van der Waals surface area contributed by atoms with E-state index in [1.807, 2.05) is 0 Å². The molecule has 1 aliphatic rings. The second kappa shape index (κ2) is 12.0. The Labute approximate surface area is 155 Å². The van der Waals surface area contributed by atoms with Gasteiger partial charge >= 0.3 is 0 Å². The molecule has 2 heteroatoms. The molecule has 140 valence electrons. The lowest BCUT2D eigenvalue weighted by molar-refractivity contribution is 0.150. The number of nitrogens with zero attached hydrogens (tertiary/aromatic N) is 2. The summed E-state index contributed by atoms with van der Waals surface area (Å²) in [6.45, 7) is 6.91. The van der Waals surface area contributed by atoms with Gasteiger partial charge in [0.05, 0.1) is 0 Å². The molecular formula is C23H38N2. The van der Waals surface area contributed by atoms with E-state index in [1.54, 1.807) is 0 Å². The van der Waals surface area contributed by atoms with E-state index < -0.39 is 0 Å². The minimum absolute atomic E-state index is 0.401. The maximum absolute atomic E-state index is 2.55. The maximum atomic E-state index is 2.55. The first kappa shape index (κ1) is 19.9. The molecule has 0 amide bonds. The van der Waals surface area contributed by atoms with Gasteiger partial charge in [-0.3, -0.25) is 0 Å². The van der Waals surface area contributed by atoms with Gasteiger partial charge in [0.1, 0.15) is 6.17 Å². The number of unbranched alkanes of at least 4 members (excludes halogenated alkanes) is 8. The Bertz CT molecular complexity index is 444. The van der Waals surface area contributed by atoms with Gasteiger partial charge in [0, 0.05) is 25.5 Å². The fourth-order valence-electron chi connectivity index (χ4n) is 3.72. The molecule has 0 saturated heterocycles. The topological polar surface area (TPSA) is 6.48 Å². The van der Waals surface area contributed by atoms with Crippen molar-refractivity contribution in [2.75, 3.05) is 13.1 Å². The third kappa shape index (κ3) is 6.76. The molecule has 2 nitrogen and oxygen atoms in total. The zero-order valence-corrected chi connectivity index (χ0v) is 16.5. The van der Waals surface area contributed by atoms with Crippen molar-refractivity contribution in [2.24, 2.45) is 0 Å². The van der Waals surface area contributed by atoms with Crippen LogP contribution in [0.2, 0.25) is 0 Å². The highest BCUT2D eigenvalue weighted by Crippen LogP contribution is 2.31. The van der Waals surface area contributed by atoms with Crippen LogP contribution in [0.5, 0.6) is 0 Å². The molecule has 0 radical (unpaired) electrons. The number of hydrogen-bond acceptors (Lipinski definition) is 2. The molecule has 25 heavy (non-hydrogen) atoms. The molecule has 0 aliphatic carbocycles. The summed E-state index contributed by atoms with van der Waals surface area (Å²) in [4.78, 5) is 5.10. The Balaban J connectivity index is 1.87. The average molecular weight is 343 g/mol. The van der Waals surface area contributed by atoms with E-state index >= 15 is 0 Å². The van der Waals surface area contributed by atoms with Crippen LogP contribution in [-0.2, 0) is 0 Å². The minimum Gasteiger partial charge on any atom is -0.352 e. The Morgan fingerprint density at radius 1 is 0.640 bits per heavy atom. The lowest BCUT2D eigenvalue weighted by atomic mass is 10.1. The van der Waals surface area contributed by atoms with Crippen LogP contribution in [-0.4, -0.2) is 22.9 Å². The Morgan fingerprint density at radius 3 is 1.60 bits per heavy atom. The molecule has 0 bridgehead atoms. The molecule has 1 aliphatic heterocycles. The first-order valence-electron chi connectivity index (χ1n) is 10.6. The van der Waals surface area contributed by atoms with Crippen molar-refractivity contribution in [3.05, 3.63) is 48.3 Å². The van der Waals surface area contributed by atoms with E-state index in [0.717, 1.165) is 0 Å². The Hall–Kier alpha value is -1.44. The van der Waals surface area contributed by atoms with Crippen LogP contribution in [0, 0.1) is 0 Å². The van der Waals surface area contributed by atoms with E-state index in [9.17, 15) is 0 Å². The summed E-state index contributed by atoms with van der Waals surface area (Å²) in [5.74, 6) is 0. The highest BCUT2D eigenvalue weighted by atomic mass is 15.4. The monoisotopic (exact) mass is 342 g/mol. The van der Waals surface area contributed by atoms with Crippen LogP contribution in [0.1, 0.15) is 89.8 Å². The van der Waals surface area contributed by atoms with Gasteiger partial charge < -0.3 is 9.80 Å². The van der Waals surface area contributed by atoms with E-state index in [1.165, 1.54) is 82.9 Å². The SMILES string of the molecule is CCCCCCCN1C=CN(CCCCCCC)C1c1ccccc1. The second-order valence-corrected chi connectivity index (χ2v) is 7.39. The first-order valence-corrected chi connectivity index (χ1v) is 10.6. The highest BCUT2D eigenvalue weighted by molar-refractivity contribution is 5.21. The van der Waals surface area contributed by atoms with Crippen molar-refractivity contribution in [1.82, 2.24) is 9.80 Å². The smallest absolute Gasteiger partial charge is 0.127 e. The van der Waals surface area contributed by atoms with Crippen LogP contribution in [0.25, 0.3) is 0 Å². The molecule has 0 fully saturated rings. The molecule has 1 aromatic carbocycles. The van der Waals surface area contributed by atoms with Gasteiger partial charge in [0.15, 0.2) is 0 Å². The van der Waals surface area contributed by atoms with Crippen LogP contribution in [0.4, 0.5) is 0 Å². The van der Waals surface area contributed by atoms with Gasteiger partial charge in [-0.15, -0.1) is 0 Å². The number of rotatable bonds is 13. The summed E-state index contributed by atoms with van der Waals surface area (Å²) in [6, 6.07) is 11.0. The molecule has 0 spiro atoms. The van der Waals surface area contributed by atoms with E-state index in [0.29, 0.717) is 6.17 Å². The molecule has 1 aromatic rings. The summed E-state index contributed by atoms with van der Waals surface area (Å²) < 4.78 is 0. The van der Waals surface area contributed by atoms with Crippen molar-refractivity contribution in [3.8, 4) is 0 Å². The first-order chi connectivity index (χ1) is 12.4. The quantitative estimate of drug-likeness (QED) is 0.367. The average Bonchev–Trinajstić information content (AvgIpc) is 3.05. The summed E-state index contributed by atoms with van der Waals surface area (Å²) >= 11 is 0. The van der Waals surface area contributed by atoms with E-state index in [-0.39, 0.29) is 0 Å². The Morgan fingerprint density at radius 2 is 1.12 bits per heavy atom. The van der Waals surface area contributed by atoms with Crippen LogP contribution in [0.15, 0.2) is 42.7 Å². The lowest BCUT2D eigenvalue weighted by Crippen LogP contribution is -2.32. The van der Waals surface area contributed by atoms with Gasteiger partial charge in [-0.25, -0.2) is 0 Å². The summed E-state index contributed by atoms with van der Waals surface area (Å²) in [5, 5.41) is 0. The van der Waals surface area contributed by atoms with Crippen LogP contribution < -0.4 is 0 Å². The summed E-state index contributed by atoms with van der Waals surface area (Å²) in [6.07, 6.45) is 18.5.